The van der Waals surface area contributed by atoms with E-state index in [9.17, 15) is 22.8 Å². The van der Waals surface area contributed by atoms with Crippen molar-refractivity contribution >= 4 is 17.5 Å². The second-order valence-electron chi connectivity index (χ2n) is 6.83. The summed E-state index contributed by atoms with van der Waals surface area (Å²) in [6, 6.07) is 5.92. The Hall–Kier alpha value is -2.09. The molecule has 0 saturated carbocycles. The summed E-state index contributed by atoms with van der Waals surface area (Å²) in [5, 5.41) is 2.92. The molecule has 1 unspecified atom stereocenters. The smallest absolute Gasteiger partial charge is 0.251 e. The first-order chi connectivity index (χ1) is 12.4. The Labute approximate surface area is 150 Å². The molecule has 8 heteroatoms. The number of nitrogens with one attached hydrogen (secondary N) is 1. The lowest BCUT2D eigenvalue weighted by Crippen LogP contribution is -2.47. The molecule has 1 N–H and O–H groups in total. The molecular weight excluding hydrogens is 347 g/mol. The highest BCUT2D eigenvalue weighted by atomic mass is 19.3. The lowest BCUT2D eigenvalue weighted by Gasteiger charge is -2.32. The first-order valence-electron chi connectivity index (χ1n) is 8.80. The number of nitrogens with zero attached hydrogens (tertiary/aromatic N) is 2. The third kappa shape index (κ3) is 4.35. The maximum atomic E-state index is 13.9. The maximum absolute atomic E-state index is 13.9. The predicted octanol–water partition coefficient (Wildman–Crippen LogP) is 2.02. The van der Waals surface area contributed by atoms with E-state index in [1.165, 1.54) is 17.0 Å². The normalized spacial score (nSPS) is 22.2. The van der Waals surface area contributed by atoms with Gasteiger partial charge in [-0.2, -0.15) is 0 Å². The summed E-state index contributed by atoms with van der Waals surface area (Å²) in [5.41, 5.74) is 0.188. The summed E-state index contributed by atoms with van der Waals surface area (Å²) in [5.74, 6) is -1.53. The molecule has 2 fully saturated rings. The number of amides is 2. The average Bonchev–Trinajstić information content (AvgIpc) is 2.98. The van der Waals surface area contributed by atoms with Gasteiger partial charge in [-0.25, -0.2) is 13.2 Å². The summed E-state index contributed by atoms with van der Waals surface area (Å²) in [4.78, 5) is 27.6. The van der Waals surface area contributed by atoms with Gasteiger partial charge in [0.2, 0.25) is 11.8 Å². The van der Waals surface area contributed by atoms with Crippen molar-refractivity contribution in [3.05, 3.63) is 30.1 Å². The van der Waals surface area contributed by atoms with Gasteiger partial charge in [-0.3, -0.25) is 14.5 Å². The molecule has 1 atom stereocenters. The molecule has 1 aromatic rings. The number of alkyl halides is 2. The number of hydrogen-bond donors (Lipinski definition) is 1. The molecule has 142 valence electrons. The van der Waals surface area contributed by atoms with Crippen LogP contribution < -0.4 is 10.2 Å². The van der Waals surface area contributed by atoms with Gasteiger partial charge >= 0.3 is 0 Å². The standard InChI is InChI=1S/C18H22F3N3O2/c19-14-3-1-2-4-15(14)24-10-12(9-17(24)25)18(26)22-13-5-7-23(8-6-13)11-16(20)21/h1-4,12-13,16H,5-11H2,(H,22,26). The van der Waals surface area contributed by atoms with E-state index in [0.717, 1.165) is 0 Å². The SMILES string of the molecule is O=C(NC1CCN(CC(F)F)CC1)C1CC(=O)N(c2ccccc2F)C1. The summed E-state index contributed by atoms with van der Waals surface area (Å²) in [6.45, 7) is 0.936. The van der Waals surface area contributed by atoms with E-state index in [1.54, 1.807) is 17.0 Å². The molecule has 2 heterocycles. The summed E-state index contributed by atoms with van der Waals surface area (Å²) < 4.78 is 38.7. The van der Waals surface area contributed by atoms with Crippen LogP contribution in [0.4, 0.5) is 18.9 Å². The number of para-hydroxylation sites is 1. The van der Waals surface area contributed by atoms with E-state index in [2.05, 4.69) is 5.32 Å². The Balaban J connectivity index is 1.52. The van der Waals surface area contributed by atoms with Gasteiger partial charge in [-0.15, -0.1) is 0 Å². The first-order valence-corrected chi connectivity index (χ1v) is 8.80. The van der Waals surface area contributed by atoms with E-state index < -0.39 is 18.2 Å². The summed E-state index contributed by atoms with van der Waals surface area (Å²) in [7, 11) is 0. The lowest BCUT2D eigenvalue weighted by atomic mass is 10.0. The van der Waals surface area contributed by atoms with Crippen molar-refractivity contribution in [1.29, 1.82) is 0 Å². The van der Waals surface area contributed by atoms with Crippen molar-refractivity contribution in [2.75, 3.05) is 31.1 Å². The molecule has 1 aromatic carbocycles. The zero-order valence-corrected chi connectivity index (χ0v) is 14.3. The zero-order chi connectivity index (χ0) is 18.7. The molecule has 0 radical (unpaired) electrons. The Morgan fingerprint density at radius 1 is 1.23 bits per heavy atom. The highest BCUT2D eigenvalue weighted by Gasteiger charge is 2.37. The van der Waals surface area contributed by atoms with Gasteiger partial charge in [-0.05, 0) is 25.0 Å². The Morgan fingerprint density at radius 2 is 1.92 bits per heavy atom. The molecule has 3 rings (SSSR count). The van der Waals surface area contributed by atoms with Crippen LogP contribution in [0.1, 0.15) is 19.3 Å². The minimum atomic E-state index is -2.35. The number of piperidine rings is 1. The van der Waals surface area contributed by atoms with Crippen molar-refractivity contribution in [3.63, 3.8) is 0 Å². The molecule has 2 aliphatic heterocycles. The van der Waals surface area contributed by atoms with Crippen LogP contribution >= 0.6 is 0 Å². The quantitative estimate of drug-likeness (QED) is 0.864. The molecule has 2 saturated heterocycles. The largest absolute Gasteiger partial charge is 0.353 e. The fraction of sp³-hybridized carbons (Fsp3) is 0.556. The molecule has 0 bridgehead atoms. The number of halogens is 3. The van der Waals surface area contributed by atoms with Crippen LogP contribution in [0.2, 0.25) is 0 Å². The van der Waals surface area contributed by atoms with Crippen molar-refractivity contribution in [2.24, 2.45) is 5.92 Å². The number of carbonyl (C=O) groups is 2. The number of hydrogen-bond acceptors (Lipinski definition) is 3. The monoisotopic (exact) mass is 369 g/mol. The first kappa shape index (κ1) is 18.7. The van der Waals surface area contributed by atoms with Crippen LogP contribution in [0, 0.1) is 11.7 Å². The van der Waals surface area contributed by atoms with Crippen molar-refractivity contribution in [3.8, 4) is 0 Å². The van der Waals surface area contributed by atoms with E-state index >= 15 is 0 Å². The van der Waals surface area contributed by atoms with Crippen molar-refractivity contribution < 1.29 is 22.8 Å². The third-order valence-electron chi connectivity index (χ3n) is 4.97. The Bertz CT molecular complexity index is 663. The Morgan fingerprint density at radius 3 is 2.58 bits per heavy atom. The molecule has 0 aliphatic carbocycles. The van der Waals surface area contributed by atoms with Crippen LogP contribution in [-0.2, 0) is 9.59 Å². The minimum absolute atomic E-state index is 0.0460. The second kappa shape index (κ2) is 8.07. The topological polar surface area (TPSA) is 52.7 Å². The summed E-state index contributed by atoms with van der Waals surface area (Å²) >= 11 is 0. The molecular formula is C18H22F3N3O2. The predicted molar refractivity (Wildman–Crippen MR) is 90.5 cm³/mol. The third-order valence-corrected chi connectivity index (χ3v) is 4.97. The van der Waals surface area contributed by atoms with E-state index in [0.29, 0.717) is 25.9 Å². The average molecular weight is 369 g/mol. The van der Waals surface area contributed by atoms with Crippen molar-refractivity contribution in [2.45, 2.75) is 31.7 Å². The van der Waals surface area contributed by atoms with Gasteiger partial charge in [0.25, 0.3) is 6.43 Å². The fourth-order valence-corrected chi connectivity index (χ4v) is 3.56. The molecule has 26 heavy (non-hydrogen) atoms. The van der Waals surface area contributed by atoms with Gasteiger partial charge in [0.05, 0.1) is 18.2 Å². The van der Waals surface area contributed by atoms with Gasteiger partial charge in [0, 0.05) is 32.1 Å². The van der Waals surface area contributed by atoms with E-state index in [-0.39, 0.29) is 43.1 Å². The molecule has 0 spiro atoms. The second-order valence-corrected chi connectivity index (χ2v) is 6.83. The number of rotatable bonds is 5. The number of likely N-dealkylation sites (tertiary alicyclic amines) is 1. The zero-order valence-electron chi connectivity index (χ0n) is 14.3. The van der Waals surface area contributed by atoms with Crippen LogP contribution in [0.25, 0.3) is 0 Å². The molecule has 5 nitrogen and oxygen atoms in total. The van der Waals surface area contributed by atoms with E-state index in [4.69, 9.17) is 0 Å². The van der Waals surface area contributed by atoms with Gasteiger partial charge < -0.3 is 10.2 Å². The van der Waals surface area contributed by atoms with Crippen LogP contribution in [0.15, 0.2) is 24.3 Å². The molecule has 0 aromatic heterocycles. The van der Waals surface area contributed by atoms with Crippen LogP contribution in [-0.4, -0.2) is 55.4 Å². The fourth-order valence-electron chi connectivity index (χ4n) is 3.56. The van der Waals surface area contributed by atoms with Gasteiger partial charge in [-0.1, -0.05) is 12.1 Å². The molecule has 2 aliphatic rings. The molecule has 2 amide bonds. The van der Waals surface area contributed by atoms with E-state index in [1.807, 2.05) is 0 Å². The summed E-state index contributed by atoms with van der Waals surface area (Å²) in [6.07, 6.45) is -1.09. The Kier molecular flexibility index (Phi) is 5.80. The minimum Gasteiger partial charge on any atom is -0.353 e. The lowest BCUT2D eigenvalue weighted by molar-refractivity contribution is -0.127. The number of benzene rings is 1. The van der Waals surface area contributed by atoms with Crippen LogP contribution in [0.3, 0.4) is 0 Å². The van der Waals surface area contributed by atoms with Gasteiger partial charge in [0.15, 0.2) is 0 Å². The number of anilines is 1. The van der Waals surface area contributed by atoms with Crippen molar-refractivity contribution in [1.82, 2.24) is 10.2 Å². The highest BCUT2D eigenvalue weighted by molar-refractivity contribution is 6.00. The maximum Gasteiger partial charge on any atom is 0.251 e. The number of carbonyl (C=O) groups excluding carboxylic acids is 2. The van der Waals surface area contributed by atoms with Crippen LogP contribution in [0.5, 0.6) is 0 Å². The highest BCUT2D eigenvalue weighted by Crippen LogP contribution is 2.27. The van der Waals surface area contributed by atoms with Gasteiger partial charge in [0.1, 0.15) is 5.82 Å².